The molecule has 0 heterocycles. The summed E-state index contributed by atoms with van der Waals surface area (Å²) in [5, 5.41) is 3.10. The van der Waals surface area contributed by atoms with Crippen LogP contribution in [0.1, 0.15) is 19.8 Å². The Bertz CT molecular complexity index is 483. The molecule has 1 fully saturated rings. The van der Waals surface area contributed by atoms with Crippen LogP contribution in [0.15, 0.2) is 24.3 Å². The van der Waals surface area contributed by atoms with Crippen molar-refractivity contribution in [2.24, 2.45) is 5.92 Å². The Labute approximate surface area is 118 Å². The van der Waals surface area contributed by atoms with Gasteiger partial charge in [0.25, 0.3) is 0 Å². The van der Waals surface area contributed by atoms with E-state index in [1.807, 2.05) is 12.1 Å². The third kappa shape index (κ3) is 3.10. The lowest BCUT2D eigenvalue weighted by Crippen LogP contribution is -2.46. The minimum Gasteiger partial charge on any atom is -0.497 e. The fraction of sp³-hybridized carbons (Fsp3) is 0.467. The normalized spacial score (nSPS) is 18.9. The number of benzene rings is 1. The van der Waals surface area contributed by atoms with E-state index in [9.17, 15) is 9.59 Å². The summed E-state index contributed by atoms with van der Waals surface area (Å²) < 4.78 is 10.1. The van der Waals surface area contributed by atoms with E-state index < -0.39 is 6.04 Å². The van der Waals surface area contributed by atoms with Crippen molar-refractivity contribution < 1.29 is 19.1 Å². The lowest BCUT2D eigenvalue weighted by Gasteiger charge is -2.31. The summed E-state index contributed by atoms with van der Waals surface area (Å²) in [5.41, 5.74) is 0.767. The molecule has 1 saturated carbocycles. The van der Waals surface area contributed by atoms with E-state index in [0.717, 1.165) is 17.9 Å². The fourth-order valence-electron chi connectivity index (χ4n) is 2.20. The summed E-state index contributed by atoms with van der Waals surface area (Å²) in [4.78, 5) is 23.6. The summed E-state index contributed by atoms with van der Waals surface area (Å²) in [6, 6.07) is 6.62. The highest BCUT2D eigenvalue weighted by Crippen LogP contribution is 2.29. The van der Waals surface area contributed by atoms with Crippen LogP contribution < -0.4 is 10.1 Å². The molecule has 0 aromatic heterocycles. The largest absolute Gasteiger partial charge is 0.497 e. The summed E-state index contributed by atoms with van der Waals surface area (Å²) in [5.74, 6) is 0.199. The first-order valence-corrected chi connectivity index (χ1v) is 6.75. The van der Waals surface area contributed by atoms with Crippen molar-refractivity contribution in [1.82, 2.24) is 0 Å². The van der Waals surface area contributed by atoms with Gasteiger partial charge in [-0.15, -0.1) is 0 Å². The third-order valence-corrected chi connectivity index (χ3v) is 3.47. The second-order valence-corrected chi connectivity index (χ2v) is 4.71. The molecule has 5 nitrogen and oxygen atoms in total. The van der Waals surface area contributed by atoms with Crippen LogP contribution in [0, 0.1) is 5.92 Å². The molecule has 0 radical (unpaired) electrons. The van der Waals surface area contributed by atoms with Crippen molar-refractivity contribution >= 4 is 17.4 Å². The standard InChI is InChI=1S/C15H19NO4/c1-3-20-15(18)14(12-8-9-13(12)17)16-10-4-6-11(19-2)7-5-10/h4-7,12,14,16H,3,8-9H2,1-2H3/t12-,14+/m1/s1. The number of nitrogens with one attached hydrogen (secondary N) is 1. The van der Waals surface area contributed by atoms with Gasteiger partial charge in [0.2, 0.25) is 0 Å². The van der Waals surface area contributed by atoms with Crippen molar-refractivity contribution in [3.63, 3.8) is 0 Å². The Morgan fingerprint density at radius 2 is 2.10 bits per heavy atom. The fourth-order valence-corrected chi connectivity index (χ4v) is 2.20. The maximum absolute atomic E-state index is 12.0. The van der Waals surface area contributed by atoms with Crippen molar-refractivity contribution in [3.8, 4) is 5.75 Å². The van der Waals surface area contributed by atoms with Crippen LogP contribution in [0.2, 0.25) is 0 Å². The quantitative estimate of drug-likeness (QED) is 0.806. The van der Waals surface area contributed by atoms with Gasteiger partial charge >= 0.3 is 5.97 Å². The zero-order valence-electron chi connectivity index (χ0n) is 11.7. The smallest absolute Gasteiger partial charge is 0.329 e. The molecule has 0 spiro atoms. The predicted molar refractivity (Wildman–Crippen MR) is 74.8 cm³/mol. The van der Waals surface area contributed by atoms with Gasteiger partial charge in [0.05, 0.1) is 13.7 Å². The molecule has 1 aliphatic rings. The molecule has 5 heteroatoms. The zero-order valence-corrected chi connectivity index (χ0v) is 11.7. The Balaban J connectivity index is 2.09. The minimum atomic E-state index is -0.607. The Morgan fingerprint density at radius 1 is 1.40 bits per heavy atom. The monoisotopic (exact) mass is 277 g/mol. The van der Waals surface area contributed by atoms with E-state index in [-0.39, 0.29) is 17.7 Å². The molecule has 0 unspecified atom stereocenters. The van der Waals surface area contributed by atoms with E-state index in [1.54, 1.807) is 26.2 Å². The van der Waals surface area contributed by atoms with Crippen LogP contribution in [0.5, 0.6) is 5.75 Å². The van der Waals surface area contributed by atoms with Crippen LogP contribution in [0.3, 0.4) is 0 Å². The van der Waals surface area contributed by atoms with E-state index in [2.05, 4.69) is 5.32 Å². The van der Waals surface area contributed by atoms with Gasteiger partial charge in [0, 0.05) is 18.0 Å². The van der Waals surface area contributed by atoms with E-state index in [0.29, 0.717) is 13.0 Å². The highest BCUT2D eigenvalue weighted by molar-refractivity contribution is 5.94. The average molecular weight is 277 g/mol. The Hall–Kier alpha value is -2.04. The van der Waals surface area contributed by atoms with Crippen LogP contribution in [-0.2, 0) is 14.3 Å². The minimum absolute atomic E-state index is 0.115. The highest BCUT2D eigenvalue weighted by atomic mass is 16.5. The molecule has 0 aliphatic heterocycles. The van der Waals surface area contributed by atoms with Crippen molar-refractivity contribution in [2.75, 3.05) is 19.0 Å². The number of anilines is 1. The average Bonchev–Trinajstić information content (AvgIpc) is 2.46. The van der Waals surface area contributed by atoms with Gasteiger partial charge in [-0.25, -0.2) is 4.79 Å². The number of esters is 1. The third-order valence-electron chi connectivity index (χ3n) is 3.47. The molecule has 2 atom stereocenters. The molecule has 20 heavy (non-hydrogen) atoms. The molecule has 0 saturated heterocycles. The van der Waals surface area contributed by atoms with Crippen LogP contribution in [0.4, 0.5) is 5.69 Å². The number of carbonyl (C=O) groups excluding carboxylic acids is 2. The van der Waals surface area contributed by atoms with Gasteiger partial charge in [-0.2, -0.15) is 0 Å². The summed E-state index contributed by atoms with van der Waals surface area (Å²) >= 11 is 0. The van der Waals surface area contributed by atoms with Gasteiger partial charge in [-0.3, -0.25) is 4.79 Å². The second-order valence-electron chi connectivity index (χ2n) is 4.71. The van der Waals surface area contributed by atoms with Gasteiger partial charge in [-0.1, -0.05) is 0 Å². The second kappa shape index (κ2) is 6.41. The lowest BCUT2D eigenvalue weighted by molar-refractivity contribution is -0.149. The first-order valence-electron chi connectivity index (χ1n) is 6.75. The van der Waals surface area contributed by atoms with Crippen LogP contribution in [0.25, 0.3) is 0 Å². The Morgan fingerprint density at radius 3 is 2.55 bits per heavy atom. The van der Waals surface area contributed by atoms with Crippen molar-refractivity contribution in [2.45, 2.75) is 25.8 Å². The number of rotatable bonds is 6. The van der Waals surface area contributed by atoms with E-state index >= 15 is 0 Å². The molecular formula is C15H19NO4. The molecule has 0 bridgehead atoms. The molecule has 1 aromatic rings. The molecule has 1 aromatic carbocycles. The maximum atomic E-state index is 12.0. The molecule has 2 rings (SSSR count). The molecule has 1 aliphatic carbocycles. The highest BCUT2D eigenvalue weighted by Gasteiger charge is 2.40. The molecule has 0 amide bonds. The van der Waals surface area contributed by atoms with E-state index in [4.69, 9.17) is 9.47 Å². The van der Waals surface area contributed by atoms with Crippen molar-refractivity contribution in [1.29, 1.82) is 0 Å². The van der Waals surface area contributed by atoms with Crippen LogP contribution >= 0.6 is 0 Å². The van der Waals surface area contributed by atoms with Gasteiger partial charge in [-0.05, 0) is 37.6 Å². The lowest BCUT2D eigenvalue weighted by atomic mass is 9.78. The zero-order chi connectivity index (χ0) is 14.5. The number of methoxy groups -OCH3 is 1. The van der Waals surface area contributed by atoms with Crippen LogP contribution in [-0.4, -0.2) is 31.5 Å². The number of ether oxygens (including phenoxy) is 2. The number of hydrogen-bond donors (Lipinski definition) is 1. The number of Topliss-reactive ketones (excluding diaryl/α,β-unsaturated/α-hetero) is 1. The number of hydrogen-bond acceptors (Lipinski definition) is 5. The first-order chi connectivity index (χ1) is 9.65. The van der Waals surface area contributed by atoms with Crippen molar-refractivity contribution in [3.05, 3.63) is 24.3 Å². The van der Waals surface area contributed by atoms with Gasteiger partial charge in [0.15, 0.2) is 0 Å². The summed E-state index contributed by atoms with van der Waals surface area (Å²) in [6.07, 6.45) is 1.27. The molecular weight excluding hydrogens is 258 g/mol. The topological polar surface area (TPSA) is 64.6 Å². The van der Waals surface area contributed by atoms with E-state index in [1.165, 1.54) is 0 Å². The maximum Gasteiger partial charge on any atom is 0.329 e. The number of carbonyl (C=O) groups is 2. The SMILES string of the molecule is CCOC(=O)[C@@H](Nc1ccc(OC)cc1)[C@@H]1CCC1=O. The summed E-state index contributed by atoms with van der Waals surface area (Å²) in [7, 11) is 1.59. The predicted octanol–water partition coefficient (Wildman–Crippen LogP) is 2.02. The first kappa shape index (κ1) is 14.4. The number of ketones is 1. The van der Waals surface area contributed by atoms with Gasteiger partial charge < -0.3 is 14.8 Å². The summed E-state index contributed by atoms with van der Waals surface area (Å²) in [6.45, 7) is 2.06. The Kier molecular flexibility index (Phi) is 4.61. The molecule has 108 valence electrons. The van der Waals surface area contributed by atoms with Gasteiger partial charge in [0.1, 0.15) is 17.6 Å². The molecule has 1 N–H and O–H groups in total.